The lowest BCUT2D eigenvalue weighted by atomic mass is 9.79. The molecule has 1 amide bonds. The number of amides is 1. The number of hydrogen-bond donors (Lipinski definition) is 2. The van der Waals surface area contributed by atoms with Gasteiger partial charge < -0.3 is 10.4 Å². The van der Waals surface area contributed by atoms with Crippen molar-refractivity contribution < 1.29 is 14.7 Å². The Hall–Kier alpha value is -2.47. The van der Waals surface area contributed by atoms with Crippen LogP contribution >= 0.6 is 0 Å². The van der Waals surface area contributed by atoms with Gasteiger partial charge >= 0.3 is 5.97 Å². The summed E-state index contributed by atoms with van der Waals surface area (Å²) in [4.78, 5) is 29.2. The van der Waals surface area contributed by atoms with Crippen LogP contribution in [0.4, 0.5) is 0 Å². The predicted octanol–water partition coefficient (Wildman–Crippen LogP) is 0.636. The van der Waals surface area contributed by atoms with Gasteiger partial charge in [0.25, 0.3) is 0 Å². The molecule has 4 rings (SSSR count). The van der Waals surface area contributed by atoms with Gasteiger partial charge in [0.1, 0.15) is 11.7 Å². The number of carboxylic acids is 1. The maximum absolute atomic E-state index is 12.1. The molecule has 0 aliphatic carbocycles. The Morgan fingerprint density at radius 2 is 2.14 bits per heavy atom. The Labute approximate surface area is 127 Å². The molecular formula is C16H15N3O3. The summed E-state index contributed by atoms with van der Waals surface area (Å²) in [5.41, 5.74) is 1.86. The highest BCUT2D eigenvalue weighted by atomic mass is 16.4. The molecule has 0 spiro atoms. The van der Waals surface area contributed by atoms with E-state index in [0.717, 1.165) is 24.1 Å². The summed E-state index contributed by atoms with van der Waals surface area (Å²) in [5, 5.41) is 12.7. The molecule has 3 aliphatic rings. The van der Waals surface area contributed by atoms with Crippen LogP contribution in [0.15, 0.2) is 41.9 Å². The lowest BCUT2D eigenvalue weighted by molar-refractivity contribution is -0.154. The number of β-lactam (4-membered cyclic amide) rings is 1. The molecule has 2 saturated heterocycles. The second-order valence-electron chi connectivity index (χ2n) is 5.75. The highest BCUT2D eigenvalue weighted by Gasteiger charge is 2.60. The minimum Gasteiger partial charge on any atom is -0.477 e. The van der Waals surface area contributed by atoms with Crippen LogP contribution in [0.2, 0.25) is 0 Å². The van der Waals surface area contributed by atoms with E-state index in [1.165, 1.54) is 4.90 Å². The van der Waals surface area contributed by atoms with Gasteiger partial charge in [-0.15, -0.1) is 0 Å². The van der Waals surface area contributed by atoms with E-state index in [2.05, 4.69) is 10.3 Å². The van der Waals surface area contributed by atoms with Gasteiger partial charge in [-0.25, -0.2) is 4.79 Å². The van der Waals surface area contributed by atoms with Crippen LogP contribution in [0.25, 0.3) is 6.08 Å². The zero-order valence-corrected chi connectivity index (χ0v) is 11.8. The minimum atomic E-state index is -1.03. The fraction of sp³-hybridized carbons (Fsp3) is 0.312. The van der Waals surface area contributed by atoms with E-state index in [1.54, 1.807) is 12.4 Å². The highest BCUT2D eigenvalue weighted by Crippen LogP contribution is 2.46. The molecule has 0 aromatic carbocycles. The third kappa shape index (κ3) is 1.74. The number of nitrogens with one attached hydrogen (secondary N) is 1. The van der Waals surface area contributed by atoms with Crippen LogP contribution in [0, 0.1) is 5.92 Å². The van der Waals surface area contributed by atoms with Gasteiger partial charge in [-0.1, -0.05) is 12.2 Å². The van der Waals surface area contributed by atoms with Gasteiger partial charge in [-0.05, 0) is 36.2 Å². The molecule has 3 atom stereocenters. The molecule has 2 fully saturated rings. The van der Waals surface area contributed by atoms with Crippen LogP contribution < -0.4 is 5.32 Å². The molecule has 3 aliphatic heterocycles. The molecule has 22 heavy (non-hydrogen) atoms. The van der Waals surface area contributed by atoms with Crippen molar-refractivity contribution in [1.29, 1.82) is 0 Å². The first kappa shape index (κ1) is 13.2. The van der Waals surface area contributed by atoms with Crippen LogP contribution in [0.1, 0.15) is 12.0 Å². The molecule has 1 aromatic heterocycles. The first-order valence-electron chi connectivity index (χ1n) is 7.30. The van der Waals surface area contributed by atoms with Gasteiger partial charge in [0, 0.05) is 18.3 Å². The van der Waals surface area contributed by atoms with Crippen molar-refractivity contribution in [2.45, 2.75) is 18.5 Å². The normalized spacial score (nSPS) is 29.7. The van der Waals surface area contributed by atoms with E-state index in [1.807, 2.05) is 24.3 Å². The van der Waals surface area contributed by atoms with Crippen LogP contribution in [-0.2, 0) is 9.59 Å². The molecular weight excluding hydrogens is 282 g/mol. The molecule has 0 bridgehead atoms. The first-order valence-corrected chi connectivity index (χ1v) is 7.30. The predicted molar refractivity (Wildman–Crippen MR) is 78.5 cm³/mol. The van der Waals surface area contributed by atoms with Crippen LogP contribution in [0.3, 0.4) is 0 Å². The van der Waals surface area contributed by atoms with Crippen molar-refractivity contribution in [3.63, 3.8) is 0 Å². The van der Waals surface area contributed by atoms with Gasteiger partial charge in [0.15, 0.2) is 0 Å². The number of nitrogens with zero attached hydrogens (tertiary/aromatic N) is 2. The summed E-state index contributed by atoms with van der Waals surface area (Å²) in [6, 6.07) is 3.46. The Bertz CT molecular complexity index is 711. The summed E-state index contributed by atoms with van der Waals surface area (Å²) in [5.74, 6) is -1.05. The minimum absolute atomic E-state index is 0.0376. The highest BCUT2D eigenvalue weighted by molar-refractivity contribution is 6.02. The van der Waals surface area contributed by atoms with E-state index in [0.29, 0.717) is 0 Å². The van der Waals surface area contributed by atoms with Gasteiger partial charge in [-0.2, -0.15) is 0 Å². The number of rotatable bonds is 3. The average molecular weight is 297 g/mol. The smallest absolute Gasteiger partial charge is 0.352 e. The van der Waals surface area contributed by atoms with E-state index in [-0.39, 0.29) is 29.6 Å². The van der Waals surface area contributed by atoms with Crippen molar-refractivity contribution in [2.24, 2.45) is 5.92 Å². The number of piperidine rings is 1. The fourth-order valence-electron chi connectivity index (χ4n) is 3.70. The van der Waals surface area contributed by atoms with Crippen LogP contribution in [0.5, 0.6) is 0 Å². The van der Waals surface area contributed by atoms with Crippen LogP contribution in [-0.4, -0.2) is 45.5 Å². The standard InChI is InChI=1S/C16H15N3O3/c20-15-12-13-11(5-8-18-12)10(14(16(21)22)19(13)15)2-1-9-3-6-17-7-4-9/h1-4,6-7,11-13,18H,5,8H2,(H,21,22)/b2-1+/t11?,12-,13+/m0/s1. The number of carboxylic acid groups (broad SMARTS) is 1. The Balaban J connectivity index is 1.74. The fourth-order valence-corrected chi connectivity index (χ4v) is 3.70. The number of carbonyl (C=O) groups is 2. The molecule has 0 saturated carbocycles. The van der Waals surface area contributed by atoms with Crippen molar-refractivity contribution in [3.05, 3.63) is 47.4 Å². The first-order chi connectivity index (χ1) is 10.7. The van der Waals surface area contributed by atoms with E-state index >= 15 is 0 Å². The van der Waals surface area contributed by atoms with Gasteiger partial charge in [0.2, 0.25) is 5.91 Å². The van der Waals surface area contributed by atoms with Crippen molar-refractivity contribution in [3.8, 4) is 0 Å². The Morgan fingerprint density at radius 3 is 2.86 bits per heavy atom. The second-order valence-corrected chi connectivity index (χ2v) is 5.75. The maximum Gasteiger partial charge on any atom is 0.352 e. The maximum atomic E-state index is 12.1. The summed E-state index contributed by atoms with van der Waals surface area (Å²) >= 11 is 0. The second kappa shape index (κ2) is 4.78. The summed E-state index contributed by atoms with van der Waals surface area (Å²) in [7, 11) is 0. The molecule has 1 unspecified atom stereocenters. The molecule has 6 heteroatoms. The van der Waals surface area contributed by atoms with E-state index < -0.39 is 5.97 Å². The van der Waals surface area contributed by atoms with Crippen molar-refractivity contribution in [2.75, 3.05) is 6.54 Å². The third-order valence-corrected chi connectivity index (χ3v) is 4.65. The number of carbonyl (C=O) groups excluding carboxylic acids is 1. The quantitative estimate of drug-likeness (QED) is 0.800. The SMILES string of the molecule is O=C(O)C1=C(/C=C/c2ccncc2)C2CCN[C@@H]3C(=O)N1[C@H]23. The number of aliphatic carboxylic acids is 1. The number of aromatic nitrogens is 1. The summed E-state index contributed by atoms with van der Waals surface area (Å²) < 4.78 is 0. The number of allylic oxidation sites excluding steroid dienone is 1. The Kier molecular flexibility index (Phi) is 2.87. The van der Waals surface area contributed by atoms with E-state index in [4.69, 9.17) is 0 Å². The molecule has 1 aromatic rings. The average Bonchev–Trinajstić information content (AvgIpc) is 2.87. The van der Waals surface area contributed by atoms with E-state index in [9.17, 15) is 14.7 Å². The molecule has 0 radical (unpaired) electrons. The van der Waals surface area contributed by atoms with Gasteiger partial charge in [0.05, 0.1) is 6.04 Å². The molecule has 112 valence electrons. The third-order valence-electron chi connectivity index (χ3n) is 4.65. The molecule has 4 heterocycles. The zero-order valence-electron chi connectivity index (χ0n) is 11.8. The van der Waals surface area contributed by atoms with Crippen molar-refractivity contribution in [1.82, 2.24) is 15.2 Å². The van der Waals surface area contributed by atoms with Crippen molar-refractivity contribution >= 4 is 18.0 Å². The largest absolute Gasteiger partial charge is 0.477 e. The number of pyridine rings is 1. The molecule has 6 nitrogen and oxygen atoms in total. The lowest BCUT2D eigenvalue weighted by Crippen LogP contribution is -2.71. The zero-order chi connectivity index (χ0) is 15.3. The van der Waals surface area contributed by atoms with Gasteiger partial charge in [-0.3, -0.25) is 14.7 Å². The monoisotopic (exact) mass is 297 g/mol. The molecule has 2 N–H and O–H groups in total. The Morgan fingerprint density at radius 1 is 1.36 bits per heavy atom. The number of hydrogen-bond acceptors (Lipinski definition) is 4. The topological polar surface area (TPSA) is 82.5 Å². The summed E-state index contributed by atoms with van der Waals surface area (Å²) in [6.45, 7) is 0.741. The summed E-state index contributed by atoms with van der Waals surface area (Å²) in [6.07, 6.45) is 7.96. The lowest BCUT2D eigenvalue weighted by Gasteiger charge is -2.48.